The predicted molar refractivity (Wildman–Crippen MR) is 86.5 cm³/mol. The Kier molecular flexibility index (Phi) is 3.97. The molecule has 0 N–H and O–H groups in total. The normalized spacial score (nSPS) is 20.0. The second-order valence-electron chi connectivity index (χ2n) is 6.05. The molecule has 1 atom stereocenters. The molecule has 1 aliphatic heterocycles. The SMILES string of the molecule is Cc1ccc(N2CCN(Cc3ccnn3C)[C@@H](C)C2)cc1. The summed E-state index contributed by atoms with van der Waals surface area (Å²) < 4.78 is 1.97. The van der Waals surface area contributed by atoms with Crippen molar-refractivity contribution < 1.29 is 0 Å². The third-order valence-electron chi connectivity index (χ3n) is 4.45. The summed E-state index contributed by atoms with van der Waals surface area (Å²) in [5.41, 5.74) is 3.94. The highest BCUT2D eigenvalue weighted by Gasteiger charge is 2.24. The van der Waals surface area contributed by atoms with Crippen LogP contribution in [0.5, 0.6) is 0 Å². The topological polar surface area (TPSA) is 24.3 Å². The monoisotopic (exact) mass is 284 g/mol. The lowest BCUT2D eigenvalue weighted by molar-refractivity contribution is 0.176. The van der Waals surface area contributed by atoms with Crippen molar-refractivity contribution in [1.82, 2.24) is 14.7 Å². The van der Waals surface area contributed by atoms with E-state index in [9.17, 15) is 0 Å². The molecule has 2 heterocycles. The van der Waals surface area contributed by atoms with Gasteiger partial charge in [0.15, 0.2) is 0 Å². The molecule has 1 saturated heterocycles. The summed E-state index contributed by atoms with van der Waals surface area (Å²) >= 11 is 0. The zero-order valence-electron chi connectivity index (χ0n) is 13.2. The van der Waals surface area contributed by atoms with E-state index in [4.69, 9.17) is 0 Å². The van der Waals surface area contributed by atoms with Crippen molar-refractivity contribution >= 4 is 5.69 Å². The van der Waals surface area contributed by atoms with Crippen LogP contribution in [-0.2, 0) is 13.6 Å². The number of nitrogens with zero attached hydrogens (tertiary/aromatic N) is 4. The minimum Gasteiger partial charge on any atom is -0.369 e. The second kappa shape index (κ2) is 5.90. The molecule has 4 heteroatoms. The lowest BCUT2D eigenvalue weighted by atomic mass is 10.1. The zero-order chi connectivity index (χ0) is 14.8. The highest BCUT2D eigenvalue weighted by atomic mass is 15.3. The third kappa shape index (κ3) is 3.10. The van der Waals surface area contributed by atoms with Crippen LogP contribution in [0.1, 0.15) is 18.2 Å². The van der Waals surface area contributed by atoms with Gasteiger partial charge in [-0.15, -0.1) is 0 Å². The fraction of sp³-hybridized carbons (Fsp3) is 0.471. The number of aromatic nitrogens is 2. The van der Waals surface area contributed by atoms with Gasteiger partial charge >= 0.3 is 0 Å². The van der Waals surface area contributed by atoms with E-state index in [-0.39, 0.29) is 0 Å². The molecule has 0 bridgehead atoms. The summed E-state index contributed by atoms with van der Waals surface area (Å²) in [7, 11) is 2.02. The van der Waals surface area contributed by atoms with Crippen LogP contribution in [0.4, 0.5) is 5.69 Å². The van der Waals surface area contributed by atoms with Gasteiger partial charge in [-0.05, 0) is 32.0 Å². The molecular formula is C17H24N4. The number of hydrogen-bond donors (Lipinski definition) is 0. The summed E-state index contributed by atoms with van der Waals surface area (Å²) in [4.78, 5) is 5.03. The first kappa shape index (κ1) is 14.1. The molecule has 1 aromatic carbocycles. The van der Waals surface area contributed by atoms with Gasteiger partial charge in [-0.1, -0.05) is 17.7 Å². The first-order chi connectivity index (χ1) is 10.1. The summed E-state index contributed by atoms with van der Waals surface area (Å²) in [6.07, 6.45) is 1.88. The minimum atomic E-state index is 0.551. The highest BCUT2D eigenvalue weighted by molar-refractivity contribution is 5.48. The van der Waals surface area contributed by atoms with Crippen molar-refractivity contribution in [2.45, 2.75) is 26.4 Å². The Morgan fingerprint density at radius 1 is 1.14 bits per heavy atom. The molecule has 0 spiro atoms. The van der Waals surface area contributed by atoms with Crippen molar-refractivity contribution in [3.8, 4) is 0 Å². The average molecular weight is 284 g/mol. The molecule has 0 aliphatic carbocycles. The van der Waals surface area contributed by atoms with Crippen LogP contribution in [0, 0.1) is 6.92 Å². The van der Waals surface area contributed by atoms with E-state index < -0.39 is 0 Å². The van der Waals surface area contributed by atoms with Gasteiger partial charge < -0.3 is 4.90 Å². The molecule has 21 heavy (non-hydrogen) atoms. The van der Waals surface area contributed by atoms with E-state index in [1.54, 1.807) is 0 Å². The van der Waals surface area contributed by atoms with E-state index in [2.05, 4.69) is 59.1 Å². The smallest absolute Gasteiger partial charge is 0.0521 e. The Bertz CT molecular complexity index is 587. The number of benzene rings is 1. The van der Waals surface area contributed by atoms with Crippen molar-refractivity contribution in [3.63, 3.8) is 0 Å². The number of hydrogen-bond acceptors (Lipinski definition) is 3. The summed E-state index contributed by atoms with van der Waals surface area (Å²) in [5, 5.41) is 4.26. The minimum absolute atomic E-state index is 0.551. The molecule has 3 rings (SSSR count). The lowest BCUT2D eigenvalue weighted by Gasteiger charge is -2.41. The lowest BCUT2D eigenvalue weighted by Crippen LogP contribution is -2.51. The van der Waals surface area contributed by atoms with Gasteiger partial charge in [0.1, 0.15) is 0 Å². The quantitative estimate of drug-likeness (QED) is 0.865. The Morgan fingerprint density at radius 2 is 1.90 bits per heavy atom. The summed E-state index contributed by atoms with van der Waals surface area (Å²) in [6, 6.07) is 11.5. The van der Waals surface area contributed by atoms with Crippen molar-refractivity contribution in [1.29, 1.82) is 0 Å². The third-order valence-corrected chi connectivity index (χ3v) is 4.45. The summed E-state index contributed by atoms with van der Waals surface area (Å²) in [6.45, 7) is 8.71. The molecule has 0 unspecified atom stereocenters. The molecule has 1 aliphatic rings. The first-order valence-corrected chi connectivity index (χ1v) is 7.66. The number of piperazine rings is 1. The number of anilines is 1. The van der Waals surface area contributed by atoms with Gasteiger partial charge in [0, 0.05) is 51.2 Å². The van der Waals surface area contributed by atoms with Crippen LogP contribution < -0.4 is 4.90 Å². The maximum atomic E-state index is 4.26. The maximum absolute atomic E-state index is 4.26. The predicted octanol–water partition coefficient (Wildman–Crippen LogP) is 2.44. The van der Waals surface area contributed by atoms with E-state index in [0.29, 0.717) is 6.04 Å². The second-order valence-corrected chi connectivity index (χ2v) is 6.05. The fourth-order valence-corrected chi connectivity index (χ4v) is 2.98. The maximum Gasteiger partial charge on any atom is 0.0521 e. The van der Waals surface area contributed by atoms with E-state index >= 15 is 0 Å². The first-order valence-electron chi connectivity index (χ1n) is 7.66. The average Bonchev–Trinajstić information content (AvgIpc) is 2.87. The Morgan fingerprint density at radius 3 is 2.52 bits per heavy atom. The number of aryl methyl sites for hydroxylation is 2. The zero-order valence-corrected chi connectivity index (χ0v) is 13.2. The van der Waals surface area contributed by atoms with Gasteiger partial charge in [-0.25, -0.2) is 0 Å². The molecule has 1 fully saturated rings. The van der Waals surface area contributed by atoms with Crippen LogP contribution in [0.15, 0.2) is 36.5 Å². The molecule has 0 saturated carbocycles. The molecule has 0 amide bonds. The van der Waals surface area contributed by atoms with Crippen molar-refractivity contribution in [2.24, 2.45) is 7.05 Å². The van der Waals surface area contributed by atoms with Crippen LogP contribution in [0.3, 0.4) is 0 Å². The summed E-state index contributed by atoms with van der Waals surface area (Å²) in [5.74, 6) is 0. The van der Waals surface area contributed by atoms with E-state index in [0.717, 1.165) is 26.2 Å². The number of rotatable bonds is 3. The molecule has 112 valence electrons. The molecule has 2 aromatic rings. The van der Waals surface area contributed by atoms with Crippen LogP contribution in [0.25, 0.3) is 0 Å². The van der Waals surface area contributed by atoms with E-state index in [1.165, 1.54) is 16.9 Å². The van der Waals surface area contributed by atoms with Gasteiger partial charge in [-0.3, -0.25) is 9.58 Å². The Labute approximate surface area is 127 Å². The van der Waals surface area contributed by atoms with Gasteiger partial charge in [0.05, 0.1) is 5.69 Å². The van der Waals surface area contributed by atoms with Crippen LogP contribution >= 0.6 is 0 Å². The van der Waals surface area contributed by atoms with Gasteiger partial charge in [-0.2, -0.15) is 5.10 Å². The standard InChI is InChI=1S/C17H24N4/c1-14-4-6-16(7-5-14)21-11-10-20(15(2)12-21)13-17-8-9-18-19(17)3/h4-9,15H,10-13H2,1-3H3/t15-/m0/s1. The molecule has 4 nitrogen and oxygen atoms in total. The largest absolute Gasteiger partial charge is 0.369 e. The molecule has 0 radical (unpaired) electrons. The Hall–Kier alpha value is -1.81. The van der Waals surface area contributed by atoms with Crippen LogP contribution in [0.2, 0.25) is 0 Å². The Balaban J connectivity index is 1.64. The fourth-order valence-electron chi connectivity index (χ4n) is 2.98. The van der Waals surface area contributed by atoms with Crippen molar-refractivity contribution in [2.75, 3.05) is 24.5 Å². The molecular weight excluding hydrogens is 260 g/mol. The van der Waals surface area contributed by atoms with Gasteiger partial charge in [0.25, 0.3) is 0 Å². The van der Waals surface area contributed by atoms with Crippen LogP contribution in [-0.4, -0.2) is 40.4 Å². The molecule has 1 aromatic heterocycles. The highest BCUT2D eigenvalue weighted by Crippen LogP contribution is 2.20. The van der Waals surface area contributed by atoms with E-state index in [1.807, 2.05) is 17.9 Å². The van der Waals surface area contributed by atoms with Crippen molar-refractivity contribution in [3.05, 3.63) is 47.8 Å². The van der Waals surface area contributed by atoms with Gasteiger partial charge in [0.2, 0.25) is 0 Å².